The third-order valence-electron chi connectivity index (χ3n) is 2.82. The Kier molecular flexibility index (Phi) is 3.46. The molecule has 0 spiro atoms. The molecule has 2 aromatic rings. The van der Waals surface area contributed by atoms with Gasteiger partial charge < -0.3 is 9.67 Å². The maximum absolute atomic E-state index is 13.1. The van der Waals surface area contributed by atoms with Gasteiger partial charge in [0.25, 0.3) is 0 Å². The first-order chi connectivity index (χ1) is 8.97. The molecule has 5 heteroatoms. The van der Waals surface area contributed by atoms with Crippen LogP contribution >= 0.6 is 0 Å². The Labute approximate surface area is 108 Å². The van der Waals surface area contributed by atoms with E-state index in [2.05, 4.69) is 0 Å². The van der Waals surface area contributed by atoms with Crippen LogP contribution < -0.4 is 5.43 Å². The van der Waals surface area contributed by atoms with Crippen molar-refractivity contribution in [1.82, 2.24) is 4.57 Å². The fraction of sp³-hybridized carbons (Fsp3) is 0.143. The highest BCUT2D eigenvalue weighted by Gasteiger charge is 2.10. The van der Waals surface area contributed by atoms with Crippen LogP contribution in [0.15, 0.2) is 41.3 Å². The molecule has 0 amide bonds. The number of pyridine rings is 1. The first-order valence-electron chi connectivity index (χ1n) is 5.66. The zero-order valence-electron chi connectivity index (χ0n) is 10.3. The van der Waals surface area contributed by atoms with Crippen molar-refractivity contribution in [2.45, 2.75) is 13.5 Å². The minimum absolute atomic E-state index is 0.290. The molecule has 0 radical (unpaired) electrons. The maximum atomic E-state index is 13.1. The summed E-state index contributed by atoms with van der Waals surface area (Å²) in [5.74, 6) is -1.62. The molecule has 98 valence electrons. The number of benzene rings is 1. The molecular formula is C14H12FNO3. The third-order valence-corrected chi connectivity index (χ3v) is 2.82. The summed E-state index contributed by atoms with van der Waals surface area (Å²) < 4.78 is 14.7. The van der Waals surface area contributed by atoms with Crippen molar-refractivity contribution < 1.29 is 14.3 Å². The fourth-order valence-corrected chi connectivity index (χ4v) is 1.83. The zero-order valence-corrected chi connectivity index (χ0v) is 10.3. The molecule has 1 heterocycles. The lowest BCUT2D eigenvalue weighted by atomic mass is 10.2. The lowest BCUT2D eigenvalue weighted by Gasteiger charge is -2.11. The van der Waals surface area contributed by atoms with Gasteiger partial charge in [0.2, 0.25) is 0 Å². The second-order valence-electron chi connectivity index (χ2n) is 4.26. The van der Waals surface area contributed by atoms with Gasteiger partial charge in [-0.2, -0.15) is 0 Å². The molecule has 0 aliphatic rings. The summed E-state index contributed by atoms with van der Waals surface area (Å²) in [7, 11) is 0. The second-order valence-corrected chi connectivity index (χ2v) is 4.26. The van der Waals surface area contributed by atoms with Crippen molar-refractivity contribution in [1.29, 1.82) is 0 Å². The summed E-state index contributed by atoms with van der Waals surface area (Å²) >= 11 is 0. The smallest absolute Gasteiger partial charge is 0.341 e. The summed E-state index contributed by atoms with van der Waals surface area (Å²) in [5.41, 5.74) is 0.504. The van der Waals surface area contributed by atoms with Gasteiger partial charge in [-0.15, -0.1) is 0 Å². The summed E-state index contributed by atoms with van der Waals surface area (Å²) in [4.78, 5) is 22.4. The normalized spacial score (nSPS) is 10.4. The van der Waals surface area contributed by atoms with Crippen molar-refractivity contribution in [3.05, 3.63) is 69.4 Å². The van der Waals surface area contributed by atoms with Gasteiger partial charge >= 0.3 is 5.97 Å². The number of hydrogen-bond donors (Lipinski definition) is 1. The lowest BCUT2D eigenvalue weighted by Crippen LogP contribution is -2.19. The standard InChI is InChI=1S/C14H12FNO3/c1-9-5-13(17)12(14(18)19)8-16(9)7-10-3-2-4-11(15)6-10/h2-6,8H,7H2,1H3,(H,18,19). The van der Waals surface area contributed by atoms with E-state index < -0.39 is 11.4 Å². The number of nitrogens with zero attached hydrogens (tertiary/aromatic N) is 1. The Bertz CT molecular complexity index is 691. The van der Waals surface area contributed by atoms with Crippen LogP contribution in [-0.4, -0.2) is 15.6 Å². The van der Waals surface area contributed by atoms with Crippen LogP contribution in [-0.2, 0) is 6.54 Å². The summed E-state index contributed by atoms with van der Waals surface area (Å²) in [6.45, 7) is 2.01. The number of aromatic nitrogens is 1. The summed E-state index contributed by atoms with van der Waals surface area (Å²) in [6.07, 6.45) is 1.28. The molecular weight excluding hydrogens is 249 g/mol. The minimum atomic E-state index is -1.27. The maximum Gasteiger partial charge on any atom is 0.341 e. The Morgan fingerprint density at radius 2 is 2.11 bits per heavy atom. The van der Waals surface area contributed by atoms with Gasteiger partial charge in [0.15, 0.2) is 5.43 Å². The number of carboxylic acids is 1. The highest BCUT2D eigenvalue weighted by Crippen LogP contribution is 2.08. The van der Waals surface area contributed by atoms with Gasteiger partial charge in [0.05, 0.1) is 0 Å². The van der Waals surface area contributed by atoms with E-state index in [1.54, 1.807) is 23.6 Å². The van der Waals surface area contributed by atoms with E-state index in [4.69, 9.17) is 5.11 Å². The van der Waals surface area contributed by atoms with Crippen LogP contribution in [0.3, 0.4) is 0 Å². The minimum Gasteiger partial charge on any atom is -0.477 e. The number of aryl methyl sites for hydroxylation is 1. The molecule has 0 saturated carbocycles. The van der Waals surface area contributed by atoms with Crippen molar-refractivity contribution in [2.24, 2.45) is 0 Å². The van der Waals surface area contributed by atoms with E-state index >= 15 is 0 Å². The molecule has 0 aliphatic heterocycles. The van der Waals surface area contributed by atoms with Gasteiger partial charge in [-0.25, -0.2) is 9.18 Å². The predicted molar refractivity (Wildman–Crippen MR) is 67.9 cm³/mol. The largest absolute Gasteiger partial charge is 0.477 e. The van der Waals surface area contributed by atoms with E-state index in [1.165, 1.54) is 24.4 Å². The molecule has 1 aromatic carbocycles. The molecule has 0 bridgehead atoms. The van der Waals surface area contributed by atoms with Crippen molar-refractivity contribution in [3.8, 4) is 0 Å². The van der Waals surface area contributed by atoms with E-state index in [1.807, 2.05) is 0 Å². The Hall–Kier alpha value is -2.43. The molecule has 0 atom stereocenters. The molecule has 0 unspecified atom stereocenters. The molecule has 0 aliphatic carbocycles. The van der Waals surface area contributed by atoms with Crippen LogP contribution in [0.5, 0.6) is 0 Å². The van der Waals surface area contributed by atoms with E-state index in [-0.39, 0.29) is 11.4 Å². The molecule has 19 heavy (non-hydrogen) atoms. The van der Waals surface area contributed by atoms with Crippen LogP contribution in [0.2, 0.25) is 0 Å². The summed E-state index contributed by atoms with van der Waals surface area (Å²) in [5, 5.41) is 8.92. The highest BCUT2D eigenvalue weighted by molar-refractivity contribution is 5.87. The first kappa shape index (κ1) is 13.0. The number of halogens is 1. The SMILES string of the molecule is Cc1cc(=O)c(C(=O)O)cn1Cc1cccc(F)c1. The van der Waals surface area contributed by atoms with Crippen LogP contribution in [0.25, 0.3) is 0 Å². The quantitative estimate of drug-likeness (QED) is 0.919. The topological polar surface area (TPSA) is 59.3 Å². The van der Waals surface area contributed by atoms with E-state index in [0.29, 0.717) is 17.8 Å². The number of carbonyl (C=O) groups is 1. The lowest BCUT2D eigenvalue weighted by molar-refractivity contribution is 0.0694. The van der Waals surface area contributed by atoms with Gasteiger partial charge in [0.1, 0.15) is 11.4 Å². The fourth-order valence-electron chi connectivity index (χ4n) is 1.83. The van der Waals surface area contributed by atoms with Crippen molar-refractivity contribution >= 4 is 5.97 Å². The number of rotatable bonds is 3. The highest BCUT2D eigenvalue weighted by atomic mass is 19.1. The Morgan fingerprint density at radius 1 is 1.37 bits per heavy atom. The van der Waals surface area contributed by atoms with Crippen molar-refractivity contribution in [3.63, 3.8) is 0 Å². The number of aromatic carboxylic acids is 1. The van der Waals surface area contributed by atoms with Gasteiger partial charge in [-0.1, -0.05) is 12.1 Å². The molecule has 4 nitrogen and oxygen atoms in total. The van der Waals surface area contributed by atoms with E-state index in [0.717, 1.165) is 0 Å². The van der Waals surface area contributed by atoms with E-state index in [9.17, 15) is 14.0 Å². The number of carboxylic acid groups (broad SMARTS) is 1. The Balaban J connectivity index is 2.43. The second kappa shape index (κ2) is 5.06. The molecule has 0 saturated heterocycles. The molecule has 2 rings (SSSR count). The zero-order chi connectivity index (χ0) is 14.0. The first-order valence-corrected chi connectivity index (χ1v) is 5.66. The predicted octanol–water partition coefficient (Wildman–Crippen LogP) is 2.04. The van der Waals surface area contributed by atoms with Crippen LogP contribution in [0.1, 0.15) is 21.6 Å². The monoisotopic (exact) mass is 261 g/mol. The Morgan fingerprint density at radius 3 is 2.74 bits per heavy atom. The molecule has 1 aromatic heterocycles. The van der Waals surface area contributed by atoms with Crippen molar-refractivity contribution in [2.75, 3.05) is 0 Å². The average Bonchev–Trinajstić information content (AvgIpc) is 2.32. The third kappa shape index (κ3) is 2.88. The summed E-state index contributed by atoms with van der Waals surface area (Å²) in [6, 6.07) is 7.30. The average molecular weight is 261 g/mol. The molecule has 0 fully saturated rings. The van der Waals surface area contributed by atoms with Crippen LogP contribution in [0, 0.1) is 12.7 Å². The van der Waals surface area contributed by atoms with Gasteiger partial charge in [0, 0.05) is 24.5 Å². The molecule has 1 N–H and O–H groups in total. The number of hydrogen-bond acceptors (Lipinski definition) is 2. The van der Waals surface area contributed by atoms with Crippen LogP contribution in [0.4, 0.5) is 4.39 Å². The van der Waals surface area contributed by atoms with Gasteiger partial charge in [-0.3, -0.25) is 4.79 Å². The van der Waals surface area contributed by atoms with Gasteiger partial charge in [-0.05, 0) is 24.6 Å².